The number of benzene rings is 1. The van der Waals surface area contributed by atoms with Crippen LogP contribution in [0.3, 0.4) is 0 Å². The number of furan rings is 1. The van der Waals surface area contributed by atoms with Crippen molar-refractivity contribution >= 4 is 38.6 Å². The van der Waals surface area contributed by atoms with Gasteiger partial charge in [0.05, 0.1) is 24.4 Å². The maximum atomic E-state index is 13.6. The molecule has 0 aliphatic carbocycles. The van der Waals surface area contributed by atoms with Crippen LogP contribution in [0.2, 0.25) is 0 Å². The van der Waals surface area contributed by atoms with Crippen LogP contribution in [-0.2, 0) is 16.9 Å². The summed E-state index contributed by atoms with van der Waals surface area (Å²) in [4.78, 5) is 10.9. The number of halogens is 1. The van der Waals surface area contributed by atoms with Gasteiger partial charge in [-0.15, -0.1) is 11.3 Å². The van der Waals surface area contributed by atoms with Gasteiger partial charge >= 0.3 is 0 Å². The van der Waals surface area contributed by atoms with Crippen LogP contribution in [0.25, 0.3) is 27.4 Å². The molecule has 1 aliphatic heterocycles. The number of fused-ring (bicyclic) bond motifs is 2. The van der Waals surface area contributed by atoms with Crippen molar-refractivity contribution in [3.8, 4) is 23.0 Å². The van der Waals surface area contributed by atoms with Gasteiger partial charge < -0.3 is 23.7 Å². The van der Waals surface area contributed by atoms with Gasteiger partial charge in [-0.1, -0.05) is 11.3 Å². The third-order valence-electron chi connectivity index (χ3n) is 6.44. The molecule has 12 heteroatoms. The van der Waals surface area contributed by atoms with Crippen molar-refractivity contribution in [1.82, 2.24) is 19.6 Å². The second-order valence-electron chi connectivity index (χ2n) is 9.01. The molecular weight excluding hydrogens is 519 g/mol. The van der Waals surface area contributed by atoms with Crippen LogP contribution >= 0.6 is 22.7 Å². The molecule has 6 rings (SSSR count). The zero-order chi connectivity index (χ0) is 25.7. The Hall–Kier alpha value is -3.06. The highest BCUT2D eigenvalue weighted by Gasteiger charge is 2.35. The number of hydrogen-bond acceptors (Lipinski definition) is 10. The van der Waals surface area contributed by atoms with Crippen LogP contribution in [0, 0.1) is 6.92 Å². The van der Waals surface area contributed by atoms with Crippen molar-refractivity contribution in [3.63, 3.8) is 0 Å². The van der Waals surface area contributed by atoms with Crippen LogP contribution in [0.15, 0.2) is 28.8 Å². The molecule has 1 saturated heterocycles. The van der Waals surface area contributed by atoms with Gasteiger partial charge in [-0.05, 0) is 19.9 Å². The van der Waals surface area contributed by atoms with E-state index >= 15 is 0 Å². The number of ether oxygens (including phenoxy) is 3. The highest BCUT2D eigenvalue weighted by molar-refractivity contribution is 7.16. The highest BCUT2D eigenvalue weighted by Crippen LogP contribution is 2.39. The topological polar surface area (TPSA) is 104 Å². The van der Waals surface area contributed by atoms with Gasteiger partial charge in [0.1, 0.15) is 40.0 Å². The zero-order valence-corrected chi connectivity index (χ0v) is 22.1. The molecule has 5 aromatic rings. The first-order valence-electron chi connectivity index (χ1n) is 11.8. The zero-order valence-electron chi connectivity index (χ0n) is 20.5. The maximum Gasteiger partial charge on any atom is 0.212 e. The van der Waals surface area contributed by atoms with E-state index in [1.54, 1.807) is 30.0 Å². The summed E-state index contributed by atoms with van der Waals surface area (Å²) in [6.07, 6.45) is 1.63. The number of aliphatic hydroxyl groups is 1. The van der Waals surface area contributed by atoms with E-state index in [-0.39, 0.29) is 6.61 Å². The minimum Gasteiger partial charge on any atom is -0.496 e. The molecule has 0 radical (unpaired) electrons. The first kappa shape index (κ1) is 24.3. The van der Waals surface area contributed by atoms with E-state index < -0.39 is 11.8 Å². The van der Waals surface area contributed by atoms with E-state index in [0.717, 1.165) is 16.0 Å². The Bertz CT molecular complexity index is 1550. The van der Waals surface area contributed by atoms with Crippen molar-refractivity contribution in [2.24, 2.45) is 0 Å². The summed E-state index contributed by atoms with van der Waals surface area (Å²) in [5.74, 6) is 1.70. The Labute approximate surface area is 219 Å². The number of methoxy groups -OCH3 is 1. The fourth-order valence-electron chi connectivity index (χ4n) is 4.27. The van der Waals surface area contributed by atoms with Gasteiger partial charge in [0.25, 0.3) is 0 Å². The summed E-state index contributed by atoms with van der Waals surface area (Å²) in [7, 11) is 1.58. The molecule has 0 bridgehead atoms. The molecule has 0 amide bonds. The Balaban J connectivity index is 1.29. The summed E-state index contributed by atoms with van der Waals surface area (Å²) in [5, 5.41) is 17.1. The first-order valence-corrected chi connectivity index (χ1v) is 13.5. The van der Waals surface area contributed by atoms with E-state index in [0.29, 0.717) is 69.6 Å². The second kappa shape index (κ2) is 9.35. The van der Waals surface area contributed by atoms with Crippen LogP contribution in [-0.4, -0.2) is 45.0 Å². The molecule has 1 aliphatic rings. The van der Waals surface area contributed by atoms with Gasteiger partial charge in [0.15, 0.2) is 16.9 Å². The number of thiazole rings is 1. The standard InChI is InChI=1S/C25H25FN4O5S2/c1-13(26)22-29-30-11-17(28-24(30)37-22)21-10-16-19(8-15(32-3)9-20(16)35-21)34-12-18-14(2)36-23(27-18)25(31)4-6-33-7-5-25/h8-11,13,31H,4-7,12H2,1-3H3/t13-/m0/s1. The van der Waals surface area contributed by atoms with Crippen molar-refractivity contribution in [2.75, 3.05) is 20.3 Å². The lowest BCUT2D eigenvalue weighted by atomic mass is 9.95. The molecule has 194 valence electrons. The molecule has 5 heterocycles. The lowest BCUT2D eigenvalue weighted by molar-refractivity contribution is -0.0681. The Morgan fingerprint density at radius 1 is 1.22 bits per heavy atom. The maximum absolute atomic E-state index is 13.6. The molecular formula is C25H25FN4O5S2. The van der Waals surface area contributed by atoms with Crippen LogP contribution in [0.1, 0.15) is 46.5 Å². The Morgan fingerprint density at radius 2 is 2.03 bits per heavy atom. The smallest absolute Gasteiger partial charge is 0.212 e. The van der Waals surface area contributed by atoms with Crippen molar-refractivity contribution in [3.05, 3.63) is 45.0 Å². The third-order valence-corrected chi connectivity index (χ3v) is 8.72. The molecule has 1 aromatic carbocycles. The average molecular weight is 545 g/mol. The molecule has 37 heavy (non-hydrogen) atoms. The van der Waals surface area contributed by atoms with Crippen LogP contribution in [0.4, 0.5) is 4.39 Å². The summed E-state index contributed by atoms with van der Waals surface area (Å²) in [5.41, 5.74) is 0.990. The molecule has 0 unspecified atom stereocenters. The van der Waals surface area contributed by atoms with Crippen molar-refractivity contribution < 1.29 is 28.1 Å². The van der Waals surface area contributed by atoms with Gasteiger partial charge in [0, 0.05) is 43.1 Å². The Morgan fingerprint density at radius 3 is 2.76 bits per heavy atom. The van der Waals surface area contributed by atoms with E-state index in [1.807, 2.05) is 13.0 Å². The summed E-state index contributed by atoms with van der Waals surface area (Å²) < 4.78 is 38.3. The number of imidazole rings is 1. The largest absolute Gasteiger partial charge is 0.496 e. The number of hydrogen-bond donors (Lipinski definition) is 1. The minimum atomic E-state index is -1.15. The van der Waals surface area contributed by atoms with Crippen molar-refractivity contribution in [1.29, 1.82) is 0 Å². The lowest BCUT2D eigenvalue weighted by Gasteiger charge is -2.29. The lowest BCUT2D eigenvalue weighted by Crippen LogP contribution is -2.33. The van der Waals surface area contributed by atoms with Crippen LogP contribution < -0.4 is 9.47 Å². The quantitative estimate of drug-likeness (QED) is 0.283. The molecule has 0 saturated carbocycles. The van der Waals surface area contributed by atoms with Gasteiger partial charge in [0.2, 0.25) is 4.96 Å². The number of alkyl halides is 1. The normalized spacial score (nSPS) is 16.5. The summed E-state index contributed by atoms with van der Waals surface area (Å²) >= 11 is 2.70. The molecule has 1 fully saturated rings. The van der Waals surface area contributed by atoms with Gasteiger partial charge in [-0.25, -0.2) is 18.9 Å². The number of rotatable bonds is 7. The van der Waals surface area contributed by atoms with Gasteiger partial charge in [-0.2, -0.15) is 5.10 Å². The average Bonchev–Trinajstić information content (AvgIpc) is 3.64. The van der Waals surface area contributed by atoms with E-state index in [4.69, 9.17) is 23.6 Å². The summed E-state index contributed by atoms with van der Waals surface area (Å²) in [6.45, 7) is 4.70. The Kier molecular flexibility index (Phi) is 6.14. The first-order chi connectivity index (χ1) is 17.8. The molecule has 0 spiro atoms. The molecule has 9 nitrogen and oxygen atoms in total. The second-order valence-corrected chi connectivity index (χ2v) is 11.2. The molecule has 4 aromatic heterocycles. The third kappa shape index (κ3) is 4.48. The SMILES string of the molecule is COc1cc(OCc2nc(C3(O)CCOCC3)sc2C)c2cc(-c3cn4nc([C@H](C)F)sc4n3)oc2c1. The number of nitrogens with zero attached hydrogens (tertiary/aromatic N) is 4. The fraction of sp³-hybridized carbons (Fsp3) is 0.400. The summed E-state index contributed by atoms with van der Waals surface area (Å²) in [6, 6.07) is 5.45. The monoisotopic (exact) mass is 544 g/mol. The predicted octanol–water partition coefficient (Wildman–Crippen LogP) is 5.59. The van der Waals surface area contributed by atoms with E-state index in [1.165, 1.54) is 29.6 Å². The predicted molar refractivity (Wildman–Crippen MR) is 137 cm³/mol. The molecule has 1 N–H and O–H groups in total. The fourth-order valence-corrected chi connectivity index (χ4v) is 6.14. The van der Waals surface area contributed by atoms with E-state index in [9.17, 15) is 9.50 Å². The van der Waals surface area contributed by atoms with Crippen LogP contribution in [0.5, 0.6) is 11.5 Å². The minimum absolute atomic E-state index is 0.228. The van der Waals surface area contributed by atoms with Crippen molar-refractivity contribution in [2.45, 2.75) is 45.1 Å². The molecule has 1 atom stereocenters. The van der Waals surface area contributed by atoms with E-state index in [2.05, 4.69) is 10.1 Å². The highest BCUT2D eigenvalue weighted by atomic mass is 32.1. The van der Waals surface area contributed by atoms with Gasteiger partial charge in [-0.3, -0.25) is 0 Å². The number of aromatic nitrogens is 4. The number of aryl methyl sites for hydroxylation is 1.